The molecule has 4 nitrogen and oxygen atoms in total. The number of aryl methyl sites for hydroxylation is 1. The third kappa shape index (κ3) is 5.97. The van der Waals surface area contributed by atoms with Gasteiger partial charge in [0.25, 0.3) is 5.91 Å². The minimum atomic E-state index is -0.354. The SMILES string of the molecule is Cc1ccc(COc2c(Cl)cc(/C=N\NC(=O)c3ccc(Cl)cc3)cc2Cl)cc1. The molecule has 0 saturated carbocycles. The lowest BCUT2D eigenvalue weighted by molar-refractivity contribution is 0.0955. The lowest BCUT2D eigenvalue weighted by Gasteiger charge is -2.11. The molecular weight excluding hydrogens is 431 g/mol. The summed E-state index contributed by atoms with van der Waals surface area (Å²) in [6.07, 6.45) is 1.45. The highest BCUT2D eigenvalue weighted by molar-refractivity contribution is 6.37. The van der Waals surface area contributed by atoms with Crippen molar-refractivity contribution < 1.29 is 9.53 Å². The van der Waals surface area contributed by atoms with Crippen molar-refractivity contribution in [2.24, 2.45) is 5.10 Å². The van der Waals surface area contributed by atoms with Gasteiger partial charge in [0.2, 0.25) is 0 Å². The Morgan fingerprint density at radius 2 is 1.62 bits per heavy atom. The van der Waals surface area contributed by atoms with Crippen molar-refractivity contribution in [2.75, 3.05) is 0 Å². The average Bonchev–Trinajstić information content (AvgIpc) is 2.69. The second-order valence-electron chi connectivity index (χ2n) is 6.29. The van der Waals surface area contributed by atoms with E-state index in [0.717, 1.165) is 5.56 Å². The topological polar surface area (TPSA) is 50.7 Å². The molecule has 1 amide bonds. The fourth-order valence-corrected chi connectivity index (χ4v) is 3.20. The maximum absolute atomic E-state index is 12.0. The Morgan fingerprint density at radius 3 is 2.24 bits per heavy atom. The van der Waals surface area contributed by atoms with Crippen LogP contribution in [0.1, 0.15) is 27.0 Å². The summed E-state index contributed by atoms with van der Waals surface area (Å²) in [4.78, 5) is 12.0. The Labute approximate surface area is 184 Å². The molecule has 0 saturated heterocycles. The van der Waals surface area contributed by atoms with E-state index in [2.05, 4.69) is 10.5 Å². The van der Waals surface area contributed by atoms with E-state index >= 15 is 0 Å². The minimum Gasteiger partial charge on any atom is -0.486 e. The molecule has 0 aromatic heterocycles. The molecule has 0 heterocycles. The number of halogens is 3. The van der Waals surface area contributed by atoms with E-state index in [1.165, 1.54) is 11.8 Å². The van der Waals surface area contributed by atoms with Gasteiger partial charge in [0.05, 0.1) is 16.3 Å². The Morgan fingerprint density at radius 1 is 1.00 bits per heavy atom. The largest absolute Gasteiger partial charge is 0.486 e. The summed E-state index contributed by atoms with van der Waals surface area (Å²) in [6.45, 7) is 2.38. The summed E-state index contributed by atoms with van der Waals surface area (Å²) < 4.78 is 5.77. The molecule has 0 spiro atoms. The number of rotatable bonds is 6. The van der Waals surface area contributed by atoms with Crippen molar-refractivity contribution in [3.8, 4) is 5.75 Å². The number of nitrogens with one attached hydrogen (secondary N) is 1. The van der Waals surface area contributed by atoms with Crippen LogP contribution in [0.5, 0.6) is 5.75 Å². The van der Waals surface area contributed by atoms with Crippen LogP contribution in [0, 0.1) is 6.92 Å². The molecule has 3 aromatic carbocycles. The van der Waals surface area contributed by atoms with E-state index in [1.54, 1.807) is 36.4 Å². The molecule has 0 aliphatic heterocycles. The highest BCUT2D eigenvalue weighted by atomic mass is 35.5. The fraction of sp³-hybridized carbons (Fsp3) is 0.0909. The maximum atomic E-state index is 12.0. The van der Waals surface area contributed by atoms with Gasteiger partial charge in [-0.15, -0.1) is 0 Å². The average molecular weight is 448 g/mol. The Balaban J connectivity index is 1.63. The Bertz CT molecular complexity index is 1010. The third-order valence-corrected chi connectivity index (χ3v) is 4.82. The zero-order valence-corrected chi connectivity index (χ0v) is 17.7. The first-order valence-corrected chi connectivity index (χ1v) is 9.82. The molecule has 3 aromatic rings. The number of carbonyl (C=O) groups excluding carboxylic acids is 1. The minimum absolute atomic E-state index is 0.351. The maximum Gasteiger partial charge on any atom is 0.271 e. The third-order valence-electron chi connectivity index (χ3n) is 4.01. The molecule has 0 aliphatic carbocycles. The molecule has 0 atom stereocenters. The monoisotopic (exact) mass is 446 g/mol. The van der Waals surface area contributed by atoms with Crippen LogP contribution in [0.25, 0.3) is 0 Å². The predicted molar refractivity (Wildman–Crippen MR) is 118 cm³/mol. The van der Waals surface area contributed by atoms with Crippen molar-refractivity contribution in [3.05, 3.63) is 98.0 Å². The predicted octanol–water partition coefficient (Wildman–Crippen LogP) is 6.30. The van der Waals surface area contributed by atoms with Gasteiger partial charge >= 0.3 is 0 Å². The summed E-state index contributed by atoms with van der Waals surface area (Å²) in [5.74, 6) is 0.0458. The van der Waals surface area contributed by atoms with Gasteiger partial charge in [0, 0.05) is 10.6 Å². The molecule has 29 heavy (non-hydrogen) atoms. The van der Waals surface area contributed by atoms with Crippen LogP contribution >= 0.6 is 34.8 Å². The van der Waals surface area contributed by atoms with E-state index in [9.17, 15) is 4.79 Å². The highest BCUT2D eigenvalue weighted by Gasteiger charge is 2.10. The van der Waals surface area contributed by atoms with Crippen LogP contribution in [0.2, 0.25) is 15.1 Å². The zero-order valence-electron chi connectivity index (χ0n) is 15.5. The normalized spacial score (nSPS) is 10.9. The number of ether oxygens (including phenoxy) is 1. The number of carbonyl (C=O) groups is 1. The second kappa shape index (κ2) is 9.79. The smallest absolute Gasteiger partial charge is 0.271 e. The van der Waals surface area contributed by atoms with Gasteiger partial charge in [-0.05, 0) is 54.4 Å². The van der Waals surface area contributed by atoms with Gasteiger partial charge in [0.1, 0.15) is 6.61 Å². The van der Waals surface area contributed by atoms with Crippen molar-refractivity contribution in [3.63, 3.8) is 0 Å². The van der Waals surface area contributed by atoms with E-state index in [1.807, 2.05) is 31.2 Å². The van der Waals surface area contributed by atoms with Crippen molar-refractivity contribution in [2.45, 2.75) is 13.5 Å². The first-order valence-electron chi connectivity index (χ1n) is 8.69. The molecule has 7 heteroatoms. The highest BCUT2D eigenvalue weighted by Crippen LogP contribution is 2.34. The molecule has 3 rings (SSSR count). The first kappa shape index (κ1) is 21.2. The molecule has 0 bridgehead atoms. The molecule has 148 valence electrons. The summed E-state index contributed by atoms with van der Waals surface area (Å²) in [7, 11) is 0. The number of hydrogen-bond acceptors (Lipinski definition) is 3. The van der Waals surface area contributed by atoms with Gasteiger partial charge in [0.15, 0.2) is 5.75 Å². The van der Waals surface area contributed by atoms with Gasteiger partial charge in [-0.3, -0.25) is 4.79 Å². The molecule has 0 fully saturated rings. The molecule has 1 N–H and O–H groups in total. The van der Waals surface area contributed by atoms with E-state index in [0.29, 0.717) is 38.6 Å². The van der Waals surface area contributed by atoms with E-state index in [-0.39, 0.29) is 5.91 Å². The van der Waals surface area contributed by atoms with Crippen LogP contribution in [0.15, 0.2) is 65.8 Å². The quantitative estimate of drug-likeness (QED) is 0.356. The summed E-state index contributed by atoms with van der Waals surface area (Å²) in [6, 6.07) is 17.8. The van der Waals surface area contributed by atoms with Gasteiger partial charge < -0.3 is 4.74 Å². The van der Waals surface area contributed by atoms with E-state index < -0.39 is 0 Å². The Kier molecular flexibility index (Phi) is 7.15. The van der Waals surface area contributed by atoms with Crippen molar-refractivity contribution in [1.82, 2.24) is 5.43 Å². The van der Waals surface area contributed by atoms with Gasteiger partial charge in [-0.1, -0.05) is 64.6 Å². The lowest BCUT2D eigenvalue weighted by atomic mass is 10.2. The van der Waals surface area contributed by atoms with Crippen LogP contribution in [-0.2, 0) is 6.61 Å². The summed E-state index contributed by atoms with van der Waals surface area (Å²) >= 11 is 18.4. The second-order valence-corrected chi connectivity index (χ2v) is 7.54. The number of hydrogen-bond donors (Lipinski definition) is 1. The molecular formula is C22H17Cl3N2O2. The number of hydrazone groups is 1. The molecule has 0 aliphatic rings. The molecule has 0 unspecified atom stereocenters. The van der Waals surface area contributed by atoms with Crippen LogP contribution in [-0.4, -0.2) is 12.1 Å². The van der Waals surface area contributed by atoms with Crippen LogP contribution in [0.4, 0.5) is 0 Å². The lowest BCUT2D eigenvalue weighted by Crippen LogP contribution is -2.17. The number of nitrogens with zero attached hydrogens (tertiary/aromatic N) is 1. The number of benzene rings is 3. The first-order chi connectivity index (χ1) is 13.9. The van der Waals surface area contributed by atoms with E-state index in [4.69, 9.17) is 39.5 Å². The fourth-order valence-electron chi connectivity index (χ4n) is 2.46. The van der Waals surface area contributed by atoms with Gasteiger partial charge in [-0.25, -0.2) is 5.43 Å². The summed E-state index contributed by atoms with van der Waals surface area (Å²) in [5.41, 5.74) is 5.70. The zero-order chi connectivity index (χ0) is 20.8. The van der Waals surface area contributed by atoms with Gasteiger partial charge in [-0.2, -0.15) is 5.10 Å². The standard InChI is InChI=1S/C22H17Cl3N2O2/c1-14-2-4-15(5-3-14)13-29-21-19(24)10-16(11-20(21)25)12-26-27-22(28)17-6-8-18(23)9-7-17/h2-12H,13H2,1H3,(H,27,28)/b26-12-. The van der Waals surface area contributed by atoms with Crippen LogP contribution < -0.4 is 10.2 Å². The summed E-state index contributed by atoms with van der Waals surface area (Å²) in [5, 5.41) is 5.21. The van der Waals surface area contributed by atoms with Crippen molar-refractivity contribution >= 4 is 46.9 Å². The van der Waals surface area contributed by atoms with Crippen molar-refractivity contribution in [1.29, 1.82) is 0 Å². The molecule has 0 radical (unpaired) electrons. The number of amides is 1. The van der Waals surface area contributed by atoms with Crippen LogP contribution in [0.3, 0.4) is 0 Å². The Hall–Kier alpha value is -2.53.